The Morgan fingerprint density at radius 2 is 1.74 bits per heavy atom. The number of ether oxygens (including phenoxy) is 3. The summed E-state index contributed by atoms with van der Waals surface area (Å²) in [4.78, 5) is 30.4. The number of amides is 2. The van der Waals surface area contributed by atoms with Crippen LogP contribution < -0.4 is 20.1 Å². The van der Waals surface area contributed by atoms with Gasteiger partial charge < -0.3 is 19.9 Å². The number of esters is 1. The lowest BCUT2D eigenvalue weighted by molar-refractivity contribution is 0.0601. The van der Waals surface area contributed by atoms with E-state index >= 15 is 0 Å². The topological polar surface area (TPSA) is 138 Å². The average Bonchev–Trinajstić information content (AvgIpc) is 3.18. The summed E-state index contributed by atoms with van der Waals surface area (Å²) in [5, 5.41) is 0.560. The van der Waals surface area contributed by atoms with Gasteiger partial charge in [0, 0.05) is 17.7 Å². The fourth-order valence-electron chi connectivity index (χ4n) is 3.18. The lowest BCUT2D eigenvalue weighted by Gasteiger charge is -2.22. The van der Waals surface area contributed by atoms with Crippen molar-refractivity contribution in [2.24, 2.45) is 5.73 Å². The summed E-state index contributed by atoms with van der Waals surface area (Å²) in [5.41, 5.74) is 6.23. The monoisotopic (exact) mass is 443 g/mol. The maximum Gasteiger partial charge on any atom is 0.341 e. The quantitative estimate of drug-likeness (QED) is 0.607. The minimum absolute atomic E-state index is 0.0140. The molecule has 2 heterocycles. The average molecular weight is 443 g/mol. The number of aromatic nitrogens is 1. The number of anilines is 2. The molecule has 0 saturated heterocycles. The van der Waals surface area contributed by atoms with E-state index in [2.05, 4.69) is 4.98 Å². The highest BCUT2D eigenvalue weighted by atomic mass is 32.2. The van der Waals surface area contributed by atoms with Crippen LogP contribution in [0.3, 0.4) is 0 Å². The van der Waals surface area contributed by atoms with E-state index < -0.39 is 21.8 Å². The van der Waals surface area contributed by atoms with Gasteiger partial charge in [0.1, 0.15) is 5.56 Å². The molecule has 0 bridgehead atoms. The van der Waals surface area contributed by atoms with Gasteiger partial charge in [0.05, 0.1) is 23.2 Å². The van der Waals surface area contributed by atoms with Gasteiger partial charge >= 0.3 is 12.0 Å². The van der Waals surface area contributed by atoms with Crippen LogP contribution in [0, 0.1) is 0 Å². The van der Waals surface area contributed by atoms with Crippen molar-refractivity contribution in [3.8, 4) is 11.5 Å². The van der Waals surface area contributed by atoms with Gasteiger partial charge in [-0.15, -0.1) is 0 Å². The van der Waals surface area contributed by atoms with Crippen LogP contribution >= 0.6 is 0 Å². The van der Waals surface area contributed by atoms with Crippen molar-refractivity contribution in [3.05, 3.63) is 48.0 Å². The molecule has 3 aromatic rings. The highest BCUT2D eigenvalue weighted by Crippen LogP contribution is 2.38. The Morgan fingerprint density at radius 1 is 1.10 bits per heavy atom. The van der Waals surface area contributed by atoms with Gasteiger partial charge in [-0.25, -0.2) is 27.9 Å². The van der Waals surface area contributed by atoms with E-state index in [1.54, 1.807) is 12.1 Å². The largest absolute Gasteiger partial charge is 0.465 e. The van der Waals surface area contributed by atoms with E-state index in [1.165, 1.54) is 37.4 Å². The summed E-state index contributed by atoms with van der Waals surface area (Å²) in [6, 6.07) is 9.32. The number of hydrogen-bond donors (Lipinski definition) is 1. The molecule has 0 spiro atoms. The van der Waals surface area contributed by atoms with Crippen molar-refractivity contribution in [2.45, 2.75) is 4.90 Å². The number of sulfone groups is 1. The second-order valence-electron chi connectivity index (χ2n) is 6.69. The fraction of sp³-hybridized carbons (Fsp3) is 0.150. The van der Waals surface area contributed by atoms with Gasteiger partial charge in [-0.2, -0.15) is 0 Å². The summed E-state index contributed by atoms with van der Waals surface area (Å²) in [5.74, 6) is 0.166. The second-order valence-corrected chi connectivity index (χ2v) is 8.70. The standard InChI is InChI=1S/C20H17N3O7S/c1-28-19(24)14-7-11-8-16-17(30-10-29-16)9-15(11)22-18(14)23(20(21)25)12-3-5-13(6-4-12)31(2,26)27/h3-9H,10H2,1-2H3,(H2,21,25). The first-order valence-electron chi connectivity index (χ1n) is 8.91. The van der Waals surface area contributed by atoms with Crippen LogP contribution in [-0.4, -0.2) is 45.6 Å². The number of methoxy groups -OCH3 is 1. The van der Waals surface area contributed by atoms with Crippen LogP contribution in [-0.2, 0) is 14.6 Å². The molecular formula is C20H17N3O7S. The van der Waals surface area contributed by atoms with E-state index in [9.17, 15) is 18.0 Å². The molecule has 160 valence electrons. The number of nitrogens with two attached hydrogens (primary N) is 1. The Balaban J connectivity index is 1.92. The second kappa shape index (κ2) is 7.43. The maximum absolute atomic E-state index is 12.5. The van der Waals surface area contributed by atoms with E-state index in [0.29, 0.717) is 22.4 Å². The molecule has 2 aromatic carbocycles. The van der Waals surface area contributed by atoms with Crippen molar-refractivity contribution in [1.82, 2.24) is 4.98 Å². The first-order valence-corrected chi connectivity index (χ1v) is 10.8. The number of benzene rings is 2. The summed E-state index contributed by atoms with van der Waals surface area (Å²) >= 11 is 0. The number of carbonyl (C=O) groups excluding carboxylic acids is 2. The van der Waals surface area contributed by atoms with Gasteiger partial charge in [0.15, 0.2) is 27.2 Å². The first kappa shape index (κ1) is 20.4. The summed E-state index contributed by atoms with van der Waals surface area (Å²) in [6.45, 7) is 0.0580. The van der Waals surface area contributed by atoms with E-state index in [0.717, 1.165) is 11.2 Å². The van der Waals surface area contributed by atoms with Crippen LogP contribution in [0.1, 0.15) is 10.4 Å². The van der Waals surface area contributed by atoms with E-state index in [-0.39, 0.29) is 28.8 Å². The molecule has 2 amide bonds. The predicted octanol–water partition coefficient (Wildman–Crippen LogP) is 2.37. The Kier molecular flexibility index (Phi) is 4.90. The fourth-order valence-corrected chi connectivity index (χ4v) is 3.81. The summed E-state index contributed by atoms with van der Waals surface area (Å²) < 4.78 is 39.1. The Morgan fingerprint density at radius 3 is 2.32 bits per heavy atom. The number of primary amides is 1. The van der Waals surface area contributed by atoms with Crippen molar-refractivity contribution >= 4 is 44.2 Å². The zero-order valence-electron chi connectivity index (χ0n) is 16.5. The molecule has 0 aliphatic carbocycles. The molecule has 4 rings (SSSR count). The Labute approximate surface area is 177 Å². The molecule has 10 nitrogen and oxygen atoms in total. The number of carbonyl (C=O) groups is 2. The maximum atomic E-state index is 12.5. The molecule has 0 atom stereocenters. The Bertz CT molecular complexity index is 1320. The van der Waals surface area contributed by atoms with Crippen LogP contribution in [0.4, 0.5) is 16.3 Å². The number of fused-ring (bicyclic) bond motifs is 2. The molecule has 2 N–H and O–H groups in total. The molecule has 1 aromatic heterocycles. The number of nitrogens with zero attached hydrogens (tertiary/aromatic N) is 2. The van der Waals surface area contributed by atoms with Crippen LogP contribution in [0.2, 0.25) is 0 Å². The van der Waals surface area contributed by atoms with Crippen LogP contribution in [0.25, 0.3) is 10.9 Å². The van der Waals surface area contributed by atoms with Gasteiger partial charge in [-0.3, -0.25) is 0 Å². The lowest BCUT2D eigenvalue weighted by atomic mass is 10.1. The van der Waals surface area contributed by atoms with Gasteiger partial charge in [0.25, 0.3) is 0 Å². The molecule has 11 heteroatoms. The number of urea groups is 1. The number of hydrogen-bond acceptors (Lipinski definition) is 8. The zero-order valence-corrected chi connectivity index (χ0v) is 17.3. The highest BCUT2D eigenvalue weighted by Gasteiger charge is 2.26. The lowest BCUT2D eigenvalue weighted by Crippen LogP contribution is -2.33. The van der Waals surface area contributed by atoms with Crippen molar-refractivity contribution in [1.29, 1.82) is 0 Å². The predicted molar refractivity (Wildman–Crippen MR) is 110 cm³/mol. The van der Waals surface area contributed by atoms with Crippen molar-refractivity contribution in [3.63, 3.8) is 0 Å². The van der Waals surface area contributed by atoms with Gasteiger partial charge in [0.2, 0.25) is 6.79 Å². The van der Waals surface area contributed by atoms with E-state index in [4.69, 9.17) is 19.9 Å². The minimum atomic E-state index is -3.44. The van der Waals surface area contributed by atoms with Crippen LogP contribution in [0.15, 0.2) is 47.4 Å². The number of rotatable bonds is 4. The van der Waals surface area contributed by atoms with E-state index in [1.807, 2.05) is 0 Å². The molecule has 0 fully saturated rings. The first-order chi connectivity index (χ1) is 14.7. The van der Waals surface area contributed by atoms with Gasteiger partial charge in [-0.1, -0.05) is 0 Å². The molecule has 0 unspecified atom stereocenters. The molecule has 1 aliphatic heterocycles. The van der Waals surface area contributed by atoms with Crippen molar-refractivity contribution < 1.29 is 32.2 Å². The SMILES string of the molecule is COC(=O)c1cc2cc3c(cc2nc1N(C(N)=O)c1ccc(S(C)(=O)=O)cc1)OCO3. The Hall–Kier alpha value is -3.86. The third-order valence-electron chi connectivity index (χ3n) is 4.65. The third-order valence-corrected chi connectivity index (χ3v) is 5.78. The smallest absolute Gasteiger partial charge is 0.341 e. The minimum Gasteiger partial charge on any atom is -0.465 e. The molecule has 31 heavy (non-hydrogen) atoms. The molecule has 0 saturated carbocycles. The molecule has 1 aliphatic rings. The molecule has 0 radical (unpaired) electrons. The van der Waals surface area contributed by atoms with Gasteiger partial charge in [-0.05, 0) is 36.4 Å². The molecular weight excluding hydrogens is 426 g/mol. The van der Waals surface area contributed by atoms with Crippen LogP contribution in [0.5, 0.6) is 11.5 Å². The summed E-state index contributed by atoms with van der Waals surface area (Å²) in [6.07, 6.45) is 1.07. The third kappa shape index (κ3) is 3.70. The normalized spacial score (nSPS) is 12.6. The highest BCUT2D eigenvalue weighted by molar-refractivity contribution is 7.90. The zero-order chi connectivity index (χ0) is 22.3. The van der Waals surface area contributed by atoms with Crippen molar-refractivity contribution in [2.75, 3.05) is 25.1 Å². The summed E-state index contributed by atoms with van der Waals surface area (Å²) in [7, 11) is -2.24. The number of pyridine rings is 1.